The van der Waals surface area contributed by atoms with E-state index in [2.05, 4.69) is 10.3 Å². The summed E-state index contributed by atoms with van der Waals surface area (Å²) in [6.45, 7) is 1.58. The molecule has 3 rings (SSSR count). The van der Waals surface area contributed by atoms with Crippen molar-refractivity contribution in [3.8, 4) is 10.6 Å². The lowest BCUT2D eigenvalue weighted by molar-refractivity contribution is -0.384. The number of carbonyl (C=O) groups excluding carboxylic acids is 1. The molecule has 3 aromatic rings. The van der Waals surface area contributed by atoms with Crippen molar-refractivity contribution in [2.45, 2.75) is 13.1 Å². The van der Waals surface area contributed by atoms with Gasteiger partial charge in [0, 0.05) is 17.7 Å². The van der Waals surface area contributed by atoms with Crippen molar-refractivity contribution in [1.82, 2.24) is 4.98 Å². The maximum Gasteiger partial charge on any atom is 0.435 e. The minimum atomic E-state index is -4.83. The van der Waals surface area contributed by atoms with Crippen molar-refractivity contribution in [2.75, 3.05) is 5.32 Å². The van der Waals surface area contributed by atoms with Gasteiger partial charge < -0.3 is 5.32 Å². The quantitative estimate of drug-likeness (QED) is 0.470. The van der Waals surface area contributed by atoms with Gasteiger partial charge in [-0.25, -0.2) is 4.98 Å². The molecule has 0 radical (unpaired) electrons. The van der Waals surface area contributed by atoms with Crippen LogP contribution in [0.3, 0.4) is 0 Å². The third-order valence-corrected chi connectivity index (χ3v) is 4.91. The largest absolute Gasteiger partial charge is 0.435 e. The second kappa shape index (κ2) is 7.39. The number of halogens is 3. The normalized spacial score (nSPS) is 11.3. The zero-order valence-corrected chi connectivity index (χ0v) is 15.1. The Morgan fingerprint density at radius 2 is 1.86 bits per heavy atom. The first-order chi connectivity index (χ1) is 13.2. The van der Waals surface area contributed by atoms with Crippen LogP contribution >= 0.6 is 11.3 Å². The second-order valence-electron chi connectivity index (χ2n) is 5.77. The molecule has 0 aliphatic heterocycles. The van der Waals surface area contributed by atoms with Crippen molar-refractivity contribution in [1.29, 1.82) is 0 Å². The molecule has 28 heavy (non-hydrogen) atoms. The van der Waals surface area contributed by atoms with E-state index in [0.717, 1.165) is 6.07 Å². The average molecular weight is 407 g/mol. The molecule has 2 aromatic carbocycles. The van der Waals surface area contributed by atoms with Crippen LogP contribution in [-0.2, 0) is 6.18 Å². The molecule has 0 aliphatic rings. The van der Waals surface area contributed by atoms with Crippen molar-refractivity contribution in [2.24, 2.45) is 0 Å². The van der Waals surface area contributed by atoms with Crippen molar-refractivity contribution >= 4 is 28.6 Å². The van der Waals surface area contributed by atoms with Gasteiger partial charge in [-0.05, 0) is 12.5 Å². The highest BCUT2D eigenvalue weighted by molar-refractivity contribution is 7.17. The monoisotopic (exact) mass is 407 g/mol. The molecule has 0 fully saturated rings. The maximum atomic E-state index is 13.4. The third kappa shape index (κ3) is 4.01. The van der Waals surface area contributed by atoms with Crippen molar-refractivity contribution in [3.05, 3.63) is 74.8 Å². The summed E-state index contributed by atoms with van der Waals surface area (Å²) in [6.07, 6.45) is -4.83. The fourth-order valence-corrected chi connectivity index (χ4v) is 3.39. The fraction of sp³-hybridized carbons (Fsp3) is 0.111. The van der Waals surface area contributed by atoms with E-state index in [1.54, 1.807) is 37.3 Å². The average Bonchev–Trinajstić information content (AvgIpc) is 3.10. The number of nitrogens with one attached hydrogen (secondary N) is 1. The number of alkyl halides is 3. The van der Waals surface area contributed by atoms with Gasteiger partial charge in [0.25, 0.3) is 11.6 Å². The van der Waals surface area contributed by atoms with Crippen molar-refractivity contribution < 1.29 is 22.9 Å². The number of hydrogen-bond donors (Lipinski definition) is 1. The minimum Gasteiger partial charge on any atom is -0.321 e. The molecule has 6 nitrogen and oxygen atoms in total. The Morgan fingerprint density at radius 3 is 2.46 bits per heavy atom. The lowest BCUT2D eigenvalue weighted by Gasteiger charge is -2.09. The maximum absolute atomic E-state index is 13.4. The number of nitro benzene ring substituents is 1. The van der Waals surface area contributed by atoms with Gasteiger partial charge in [0.2, 0.25) is 0 Å². The topological polar surface area (TPSA) is 85.1 Å². The molecule has 1 heterocycles. The van der Waals surface area contributed by atoms with Crippen LogP contribution in [0.2, 0.25) is 0 Å². The molecule has 1 N–H and O–H groups in total. The Hall–Kier alpha value is -3.27. The number of thiazole rings is 1. The van der Waals surface area contributed by atoms with Crippen LogP contribution in [0.25, 0.3) is 10.6 Å². The fourth-order valence-electron chi connectivity index (χ4n) is 2.41. The van der Waals surface area contributed by atoms with Crippen molar-refractivity contribution in [3.63, 3.8) is 0 Å². The number of nitro groups is 1. The molecule has 0 aliphatic carbocycles. The first-order valence-corrected chi connectivity index (χ1v) is 8.68. The number of rotatable bonds is 4. The highest BCUT2D eigenvalue weighted by Crippen LogP contribution is 2.38. The smallest absolute Gasteiger partial charge is 0.321 e. The molecule has 0 saturated carbocycles. The molecule has 0 spiro atoms. The first-order valence-electron chi connectivity index (χ1n) is 7.86. The Bertz CT molecular complexity index is 1050. The summed E-state index contributed by atoms with van der Waals surface area (Å²) in [6, 6.07) is 11.9. The summed E-state index contributed by atoms with van der Waals surface area (Å²) in [5.41, 5.74) is -0.603. The molecule has 144 valence electrons. The molecular formula is C18H12F3N3O3S. The Labute approximate surface area is 160 Å². The van der Waals surface area contributed by atoms with Gasteiger partial charge in [0.15, 0.2) is 5.69 Å². The first kappa shape index (κ1) is 19.5. The zero-order chi connectivity index (χ0) is 20.5. The van der Waals surface area contributed by atoms with Crippen LogP contribution in [0, 0.1) is 17.0 Å². The Morgan fingerprint density at radius 1 is 1.18 bits per heavy atom. The molecule has 1 amide bonds. The van der Waals surface area contributed by atoms with Gasteiger partial charge in [-0.15, -0.1) is 11.3 Å². The Balaban J connectivity index is 2.01. The van der Waals surface area contributed by atoms with E-state index in [0.29, 0.717) is 22.5 Å². The second-order valence-corrected chi connectivity index (χ2v) is 6.77. The summed E-state index contributed by atoms with van der Waals surface area (Å²) in [5.74, 6) is -1.03. The van der Waals surface area contributed by atoms with Gasteiger partial charge in [-0.2, -0.15) is 13.2 Å². The van der Waals surface area contributed by atoms with E-state index in [1.165, 1.54) is 12.1 Å². The minimum absolute atomic E-state index is 0.0499. The van der Waals surface area contributed by atoms with Gasteiger partial charge in [0.05, 0.1) is 10.6 Å². The summed E-state index contributed by atoms with van der Waals surface area (Å²) in [4.78, 5) is 25.8. The van der Waals surface area contributed by atoms with Gasteiger partial charge in [0.1, 0.15) is 9.88 Å². The lowest BCUT2D eigenvalue weighted by atomic mass is 10.1. The Kier molecular flexibility index (Phi) is 5.14. The van der Waals surface area contributed by atoms with Crippen LogP contribution in [0.4, 0.5) is 24.5 Å². The molecular weight excluding hydrogens is 395 g/mol. The van der Waals surface area contributed by atoms with E-state index in [-0.39, 0.29) is 16.4 Å². The third-order valence-electron chi connectivity index (χ3n) is 3.80. The van der Waals surface area contributed by atoms with Gasteiger partial charge in [-0.3, -0.25) is 14.9 Å². The van der Waals surface area contributed by atoms with Crippen LogP contribution in [0.1, 0.15) is 20.9 Å². The van der Waals surface area contributed by atoms with E-state index in [9.17, 15) is 28.1 Å². The number of hydrogen-bond acceptors (Lipinski definition) is 5. The highest BCUT2D eigenvalue weighted by Gasteiger charge is 2.40. The summed E-state index contributed by atoms with van der Waals surface area (Å²) in [5, 5.41) is 13.3. The van der Waals surface area contributed by atoms with Crippen LogP contribution in [-0.4, -0.2) is 15.8 Å². The predicted molar refractivity (Wildman–Crippen MR) is 98.3 cm³/mol. The molecule has 0 unspecified atom stereocenters. The zero-order valence-electron chi connectivity index (χ0n) is 14.3. The molecule has 0 atom stereocenters. The number of anilines is 1. The van der Waals surface area contributed by atoms with E-state index >= 15 is 0 Å². The van der Waals surface area contributed by atoms with E-state index in [1.807, 2.05) is 0 Å². The number of benzene rings is 2. The van der Waals surface area contributed by atoms with E-state index in [4.69, 9.17) is 0 Å². The summed E-state index contributed by atoms with van der Waals surface area (Å²) in [7, 11) is 0. The summed E-state index contributed by atoms with van der Waals surface area (Å²) >= 11 is 0.606. The molecule has 0 bridgehead atoms. The predicted octanol–water partition coefficient (Wildman–Crippen LogP) is 5.30. The number of aryl methyl sites for hydroxylation is 1. The van der Waals surface area contributed by atoms with Crippen LogP contribution in [0.15, 0.2) is 48.5 Å². The number of aromatic nitrogens is 1. The highest BCUT2D eigenvalue weighted by atomic mass is 32.1. The number of carbonyl (C=O) groups is 1. The lowest BCUT2D eigenvalue weighted by Crippen LogP contribution is -2.17. The molecule has 10 heteroatoms. The SMILES string of the molecule is Cc1ccc([N+](=O)[O-])cc1NC(=O)c1sc(-c2ccccc2)nc1C(F)(F)F. The van der Waals surface area contributed by atoms with Gasteiger partial charge in [-0.1, -0.05) is 36.4 Å². The number of amides is 1. The van der Waals surface area contributed by atoms with Crippen LogP contribution < -0.4 is 5.32 Å². The number of nitrogens with zero attached hydrogens (tertiary/aromatic N) is 2. The van der Waals surface area contributed by atoms with E-state index < -0.39 is 27.6 Å². The summed E-state index contributed by atoms with van der Waals surface area (Å²) < 4.78 is 40.2. The molecule has 1 aromatic heterocycles. The standard InChI is InChI=1S/C18H12F3N3O3S/c1-10-7-8-12(24(26)27)9-13(10)22-16(25)14-15(18(19,20)21)23-17(28-14)11-5-3-2-4-6-11/h2-9H,1H3,(H,22,25). The number of non-ortho nitro benzene ring substituents is 1. The van der Waals surface area contributed by atoms with Crippen LogP contribution in [0.5, 0.6) is 0 Å². The van der Waals surface area contributed by atoms with Gasteiger partial charge >= 0.3 is 6.18 Å². The molecule has 0 saturated heterocycles.